The average Bonchev–Trinajstić information content (AvgIpc) is 2.68. The molecule has 1 aromatic rings. The minimum atomic E-state index is -0.348. The van der Waals surface area contributed by atoms with Gasteiger partial charge in [0.1, 0.15) is 0 Å². The second-order valence-electron chi connectivity index (χ2n) is 5.20. The first kappa shape index (κ1) is 15.7. The number of rotatable bonds is 7. The molecule has 0 aromatic carbocycles. The molecule has 6 nitrogen and oxygen atoms in total. The van der Waals surface area contributed by atoms with E-state index in [0.717, 1.165) is 10.0 Å². The van der Waals surface area contributed by atoms with Gasteiger partial charge in [0.15, 0.2) is 5.13 Å². The Labute approximate surface area is 118 Å². The molecule has 0 aliphatic heterocycles. The number of nitrogens with zero attached hydrogens (tertiary/aromatic N) is 2. The topological polar surface area (TPSA) is 80.5 Å². The maximum Gasteiger partial charge on any atom is 0.230 e. The molecule has 0 saturated carbocycles. The van der Waals surface area contributed by atoms with Gasteiger partial charge >= 0.3 is 0 Å². The number of nitrogens with one attached hydrogen (secondary N) is 1. The van der Waals surface area contributed by atoms with Gasteiger partial charge in [0.05, 0.1) is 12.0 Å². The molecule has 1 heterocycles. The lowest BCUT2D eigenvalue weighted by atomic mass is 10.0. The van der Waals surface area contributed by atoms with Crippen molar-refractivity contribution in [2.45, 2.75) is 32.4 Å². The van der Waals surface area contributed by atoms with Gasteiger partial charge in [-0.05, 0) is 13.8 Å². The summed E-state index contributed by atoms with van der Waals surface area (Å²) in [5.74, 6) is 0.304. The van der Waals surface area contributed by atoms with E-state index in [4.69, 9.17) is 10.5 Å². The van der Waals surface area contributed by atoms with Crippen LogP contribution >= 0.6 is 11.3 Å². The minimum absolute atomic E-state index is 0.286. The van der Waals surface area contributed by atoms with Crippen molar-refractivity contribution in [2.24, 2.45) is 5.73 Å². The van der Waals surface area contributed by atoms with Crippen molar-refractivity contribution in [3.8, 4) is 5.88 Å². The molecule has 1 amide bonds. The molecular weight excluding hydrogens is 264 g/mol. The highest BCUT2D eigenvalue weighted by Crippen LogP contribution is 2.30. The van der Waals surface area contributed by atoms with Crippen LogP contribution in [0.5, 0.6) is 5.88 Å². The first-order valence-corrected chi connectivity index (χ1v) is 6.81. The zero-order valence-corrected chi connectivity index (χ0v) is 12.9. The van der Waals surface area contributed by atoms with Crippen LogP contribution in [0.1, 0.15) is 25.1 Å². The summed E-state index contributed by atoms with van der Waals surface area (Å²) in [4.78, 5) is 18.3. The van der Waals surface area contributed by atoms with Gasteiger partial charge < -0.3 is 20.7 Å². The predicted octanol–water partition coefficient (Wildman–Crippen LogP) is 0.961. The van der Waals surface area contributed by atoms with Gasteiger partial charge in [-0.1, -0.05) is 11.3 Å². The minimum Gasteiger partial charge on any atom is -0.480 e. The molecule has 0 spiro atoms. The molecule has 19 heavy (non-hydrogen) atoms. The van der Waals surface area contributed by atoms with E-state index in [1.807, 2.05) is 32.8 Å². The maximum atomic E-state index is 11.0. The number of anilines is 1. The molecule has 1 aromatic heterocycles. The van der Waals surface area contributed by atoms with Crippen LogP contribution in [0.15, 0.2) is 0 Å². The lowest BCUT2D eigenvalue weighted by Crippen LogP contribution is -2.42. The fraction of sp³-hybridized carbons (Fsp3) is 0.667. The standard InChI is InChI=1S/C12H22N4O2S/c1-12(2,6-9(13)17)14-7-8-10(18-5)15-11(19-8)16(3)4/h14H,6-7H2,1-5H3,(H2,13,17). The lowest BCUT2D eigenvalue weighted by Gasteiger charge is -2.24. The predicted molar refractivity (Wildman–Crippen MR) is 77.7 cm³/mol. The molecule has 0 saturated heterocycles. The summed E-state index contributed by atoms with van der Waals surface area (Å²) in [6, 6.07) is 0. The first-order chi connectivity index (χ1) is 8.75. The molecule has 1 rings (SSSR count). The number of ether oxygens (including phenoxy) is 1. The van der Waals surface area contributed by atoms with E-state index in [2.05, 4.69) is 10.3 Å². The summed E-state index contributed by atoms with van der Waals surface area (Å²) in [5.41, 5.74) is 4.88. The summed E-state index contributed by atoms with van der Waals surface area (Å²) in [6.07, 6.45) is 0.286. The normalized spacial score (nSPS) is 11.4. The number of methoxy groups -OCH3 is 1. The summed E-state index contributed by atoms with van der Waals surface area (Å²) in [6.45, 7) is 4.48. The smallest absolute Gasteiger partial charge is 0.230 e. The molecule has 0 fully saturated rings. The van der Waals surface area contributed by atoms with Crippen LogP contribution in [0.2, 0.25) is 0 Å². The Morgan fingerprint density at radius 2 is 2.16 bits per heavy atom. The van der Waals surface area contributed by atoms with Crippen LogP contribution in [0, 0.1) is 0 Å². The van der Waals surface area contributed by atoms with E-state index in [-0.39, 0.29) is 17.9 Å². The van der Waals surface area contributed by atoms with Crippen LogP contribution in [0.25, 0.3) is 0 Å². The first-order valence-electron chi connectivity index (χ1n) is 5.99. The second-order valence-corrected chi connectivity index (χ2v) is 6.27. The molecular formula is C12H22N4O2S. The van der Waals surface area contributed by atoms with Crippen LogP contribution in [0.3, 0.4) is 0 Å². The number of carbonyl (C=O) groups excluding carboxylic acids is 1. The third kappa shape index (κ3) is 4.68. The van der Waals surface area contributed by atoms with Crippen LogP contribution < -0.4 is 20.7 Å². The van der Waals surface area contributed by atoms with Crippen LogP contribution in [-0.2, 0) is 11.3 Å². The number of hydrogen-bond donors (Lipinski definition) is 2. The highest BCUT2D eigenvalue weighted by Gasteiger charge is 2.21. The van der Waals surface area contributed by atoms with E-state index in [9.17, 15) is 4.79 Å². The van der Waals surface area contributed by atoms with Crippen molar-refractivity contribution in [3.05, 3.63) is 4.88 Å². The Balaban J connectivity index is 2.74. The zero-order valence-electron chi connectivity index (χ0n) is 12.1. The van der Waals surface area contributed by atoms with Gasteiger partial charge in [-0.3, -0.25) is 4.79 Å². The number of amides is 1. The zero-order chi connectivity index (χ0) is 14.6. The second kappa shape index (κ2) is 6.21. The van der Waals surface area contributed by atoms with Crippen molar-refractivity contribution in [3.63, 3.8) is 0 Å². The summed E-state index contributed by atoms with van der Waals surface area (Å²) in [7, 11) is 5.48. The lowest BCUT2D eigenvalue weighted by molar-refractivity contribution is -0.119. The van der Waals surface area contributed by atoms with E-state index >= 15 is 0 Å². The Hall–Kier alpha value is -1.34. The number of hydrogen-bond acceptors (Lipinski definition) is 6. The highest BCUT2D eigenvalue weighted by molar-refractivity contribution is 7.15. The average molecular weight is 286 g/mol. The van der Waals surface area contributed by atoms with Crippen molar-refractivity contribution in [1.29, 1.82) is 0 Å². The summed E-state index contributed by atoms with van der Waals surface area (Å²) < 4.78 is 5.26. The van der Waals surface area contributed by atoms with Crippen molar-refractivity contribution < 1.29 is 9.53 Å². The van der Waals surface area contributed by atoms with Gasteiger partial charge in [0.25, 0.3) is 0 Å². The van der Waals surface area contributed by atoms with Gasteiger partial charge in [0, 0.05) is 32.6 Å². The number of nitrogens with two attached hydrogens (primary N) is 1. The molecule has 108 valence electrons. The van der Waals surface area contributed by atoms with Crippen molar-refractivity contribution in [1.82, 2.24) is 10.3 Å². The van der Waals surface area contributed by atoms with E-state index in [1.165, 1.54) is 0 Å². The molecule has 0 aliphatic carbocycles. The molecule has 0 aliphatic rings. The number of carbonyl (C=O) groups is 1. The highest BCUT2D eigenvalue weighted by atomic mass is 32.1. The summed E-state index contributed by atoms with van der Waals surface area (Å²) in [5, 5.41) is 4.19. The van der Waals surface area contributed by atoms with E-state index in [0.29, 0.717) is 12.4 Å². The maximum absolute atomic E-state index is 11.0. The van der Waals surface area contributed by atoms with Crippen molar-refractivity contribution >= 4 is 22.4 Å². The monoisotopic (exact) mass is 286 g/mol. The molecule has 7 heteroatoms. The van der Waals surface area contributed by atoms with Gasteiger partial charge in [-0.25, -0.2) is 0 Å². The molecule has 3 N–H and O–H groups in total. The molecule has 0 atom stereocenters. The van der Waals surface area contributed by atoms with Gasteiger partial charge in [-0.15, -0.1) is 0 Å². The molecule has 0 unspecified atom stereocenters. The van der Waals surface area contributed by atoms with Crippen molar-refractivity contribution in [2.75, 3.05) is 26.1 Å². The van der Waals surface area contributed by atoms with Gasteiger partial charge in [-0.2, -0.15) is 4.98 Å². The van der Waals surface area contributed by atoms with E-state index in [1.54, 1.807) is 18.4 Å². The summed E-state index contributed by atoms with van der Waals surface area (Å²) >= 11 is 1.56. The third-order valence-corrected chi connectivity index (χ3v) is 3.77. The Morgan fingerprint density at radius 1 is 1.53 bits per heavy atom. The number of primary amides is 1. The van der Waals surface area contributed by atoms with Crippen LogP contribution in [-0.4, -0.2) is 37.6 Å². The molecule has 0 bridgehead atoms. The number of thiazole rings is 1. The fourth-order valence-corrected chi connectivity index (χ4v) is 2.50. The quantitative estimate of drug-likeness (QED) is 0.780. The third-order valence-electron chi connectivity index (χ3n) is 2.57. The van der Waals surface area contributed by atoms with Gasteiger partial charge in [0.2, 0.25) is 11.8 Å². The number of aromatic nitrogens is 1. The molecule has 0 radical (unpaired) electrons. The fourth-order valence-electron chi connectivity index (χ4n) is 1.61. The Bertz CT molecular complexity index is 443. The Morgan fingerprint density at radius 3 is 2.63 bits per heavy atom. The SMILES string of the molecule is COc1nc(N(C)C)sc1CNC(C)(C)CC(N)=O. The van der Waals surface area contributed by atoms with E-state index < -0.39 is 0 Å². The van der Waals surface area contributed by atoms with Crippen LogP contribution in [0.4, 0.5) is 5.13 Å². The largest absolute Gasteiger partial charge is 0.480 e. The Kier molecular flexibility index (Phi) is 5.13.